The van der Waals surface area contributed by atoms with Crippen molar-refractivity contribution in [1.29, 1.82) is 0 Å². The Morgan fingerprint density at radius 2 is 2.26 bits per heavy atom. The molecule has 19 heavy (non-hydrogen) atoms. The zero-order valence-electron chi connectivity index (χ0n) is 10.7. The van der Waals surface area contributed by atoms with Crippen molar-refractivity contribution in [3.05, 3.63) is 32.4 Å². The van der Waals surface area contributed by atoms with Gasteiger partial charge in [0.1, 0.15) is 12.0 Å². The van der Waals surface area contributed by atoms with Crippen LogP contribution in [0.15, 0.2) is 20.1 Å². The molecule has 2 aromatic heterocycles. The van der Waals surface area contributed by atoms with Crippen molar-refractivity contribution in [2.75, 3.05) is 18.6 Å². The molecule has 0 bridgehead atoms. The van der Waals surface area contributed by atoms with Crippen molar-refractivity contribution in [2.45, 2.75) is 13.3 Å². The molecule has 6 nitrogen and oxygen atoms in total. The van der Waals surface area contributed by atoms with E-state index in [1.54, 1.807) is 11.8 Å². The van der Waals surface area contributed by atoms with Crippen LogP contribution in [0.1, 0.15) is 12.5 Å². The van der Waals surface area contributed by atoms with Gasteiger partial charge in [0.2, 0.25) is 5.71 Å². The summed E-state index contributed by atoms with van der Waals surface area (Å²) >= 11 is 1.62. The second-order valence-corrected chi connectivity index (χ2v) is 4.82. The molecule has 0 aliphatic rings. The van der Waals surface area contributed by atoms with E-state index in [-0.39, 0.29) is 17.3 Å². The Morgan fingerprint density at radius 1 is 1.47 bits per heavy atom. The molecule has 0 aromatic carbocycles. The van der Waals surface area contributed by atoms with Gasteiger partial charge in [-0.3, -0.25) is 9.78 Å². The van der Waals surface area contributed by atoms with Crippen LogP contribution >= 0.6 is 11.8 Å². The lowest BCUT2D eigenvalue weighted by Crippen LogP contribution is -2.15. The zero-order chi connectivity index (χ0) is 13.8. The maximum absolute atomic E-state index is 12.0. The highest BCUT2D eigenvalue weighted by molar-refractivity contribution is 7.98. The number of hydrogen-bond donors (Lipinski definition) is 1. The van der Waals surface area contributed by atoms with E-state index in [0.29, 0.717) is 24.0 Å². The molecule has 0 unspecified atom stereocenters. The number of rotatable bonds is 5. The Balaban J connectivity index is 2.51. The molecule has 2 aromatic rings. The molecule has 1 N–H and O–H groups in total. The van der Waals surface area contributed by atoms with Gasteiger partial charge < -0.3 is 9.15 Å². The van der Waals surface area contributed by atoms with Crippen molar-refractivity contribution in [3.8, 4) is 6.01 Å². The van der Waals surface area contributed by atoms with E-state index in [1.807, 2.05) is 13.2 Å². The molecule has 7 heteroatoms. The van der Waals surface area contributed by atoms with Gasteiger partial charge in [-0.1, -0.05) is 6.92 Å². The monoisotopic (exact) mass is 282 g/mol. The number of ether oxygens (including phenoxy) is 1. The van der Waals surface area contributed by atoms with Gasteiger partial charge in [-0.2, -0.15) is 16.7 Å². The van der Waals surface area contributed by atoms with Crippen LogP contribution in [-0.4, -0.2) is 28.6 Å². The number of aryl methyl sites for hydroxylation is 1. The molecule has 0 fully saturated rings. The summed E-state index contributed by atoms with van der Waals surface area (Å²) in [4.78, 5) is 29.9. The van der Waals surface area contributed by atoms with E-state index in [1.165, 1.54) is 6.07 Å². The predicted molar refractivity (Wildman–Crippen MR) is 74.2 cm³/mol. The average Bonchev–Trinajstić information content (AvgIpc) is 2.37. The summed E-state index contributed by atoms with van der Waals surface area (Å²) in [6.45, 7) is 2.28. The minimum atomic E-state index is -0.516. The van der Waals surface area contributed by atoms with Gasteiger partial charge in [0.25, 0.3) is 11.6 Å². The summed E-state index contributed by atoms with van der Waals surface area (Å²) in [6.07, 6.45) is 2.51. The van der Waals surface area contributed by atoms with Gasteiger partial charge in [0, 0.05) is 11.8 Å². The summed E-state index contributed by atoms with van der Waals surface area (Å²) in [5.41, 5.74) is -0.231. The van der Waals surface area contributed by atoms with Crippen LogP contribution in [0.2, 0.25) is 0 Å². The van der Waals surface area contributed by atoms with Gasteiger partial charge in [-0.15, -0.1) is 0 Å². The van der Waals surface area contributed by atoms with Crippen LogP contribution in [0, 0.1) is 0 Å². The Labute approximate surface area is 113 Å². The molecule has 0 aliphatic heterocycles. The lowest BCUT2D eigenvalue weighted by molar-refractivity contribution is 0.314. The van der Waals surface area contributed by atoms with Crippen molar-refractivity contribution >= 4 is 22.9 Å². The average molecular weight is 282 g/mol. The number of nitrogens with one attached hydrogen (secondary N) is 1. The topological polar surface area (TPSA) is 85.2 Å². The van der Waals surface area contributed by atoms with Crippen LogP contribution in [0.3, 0.4) is 0 Å². The van der Waals surface area contributed by atoms with E-state index >= 15 is 0 Å². The Morgan fingerprint density at radius 3 is 2.95 bits per heavy atom. The quantitative estimate of drug-likeness (QED) is 0.829. The molecule has 0 radical (unpaired) electrons. The zero-order valence-corrected chi connectivity index (χ0v) is 11.5. The summed E-state index contributed by atoms with van der Waals surface area (Å²) in [7, 11) is 0. The number of aromatic amines is 1. The lowest BCUT2D eigenvalue weighted by atomic mass is 10.1. The maximum Gasteiger partial charge on any atom is 0.337 e. The summed E-state index contributed by atoms with van der Waals surface area (Å²) in [5.74, 6) is 0.778. The number of hydrogen-bond acceptors (Lipinski definition) is 6. The predicted octanol–water partition coefficient (Wildman–Crippen LogP) is 1.18. The lowest BCUT2D eigenvalue weighted by Gasteiger charge is -2.05. The first-order valence-electron chi connectivity index (χ1n) is 5.84. The highest BCUT2D eigenvalue weighted by atomic mass is 32.2. The molecule has 0 saturated heterocycles. The molecular formula is C12H14N2O4S. The van der Waals surface area contributed by atoms with Crippen molar-refractivity contribution < 1.29 is 9.15 Å². The fourth-order valence-corrected chi connectivity index (χ4v) is 1.95. The van der Waals surface area contributed by atoms with Crippen LogP contribution < -0.4 is 15.9 Å². The van der Waals surface area contributed by atoms with Crippen LogP contribution in [0.5, 0.6) is 6.01 Å². The molecular weight excluding hydrogens is 268 g/mol. The number of aromatic nitrogens is 2. The highest BCUT2D eigenvalue weighted by Gasteiger charge is 2.12. The number of H-pyrrole nitrogens is 1. The van der Waals surface area contributed by atoms with Gasteiger partial charge in [0.05, 0.1) is 0 Å². The van der Waals surface area contributed by atoms with Crippen LogP contribution in [0.25, 0.3) is 11.1 Å². The Hall–Kier alpha value is -1.76. The Kier molecular flexibility index (Phi) is 4.26. The normalized spacial score (nSPS) is 10.8. The van der Waals surface area contributed by atoms with Crippen LogP contribution in [0.4, 0.5) is 0 Å². The van der Waals surface area contributed by atoms with Crippen molar-refractivity contribution in [2.24, 2.45) is 0 Å². The first kappa shape index (κ1) is 13.7. The van der Waals surface area contributed by atoms with Gasteiger partial charge in [0.15, 0.2) is 0 Å². The van der Waals surface area contributed by atoms with Gasteiger partial charge in [-0.25, -0.2) is 4.79 Å². The molecule has 2 heterocycles. The first-order chi connectivity index (χ1) is 9.15. The molecule has 0 atom stereocenters. The number of fused-ring (bicyclic) bond motifs is 1. The Bertz CT molecular complexity index is 692. The third kappa shape index (κ3) is 2.98. The third-order valence-corrected chi connectivity index (χ3v) is 3.16. The second kappa shape index (κ2) is 5.92. The molecule has 0 aliphatic carbocycles. The fraction of sp³-hybridized carbons (Fsp3) is 0.417. The fourth-order valence-electron chi connectivity index (χ4n) is 1.70. The standard InChI is InChI=1S/C12H14N2O4S/c1-3-7-6-8(15)18-11-9(7)10(16)13-12(14-11)17-4-5-19-2/h6H,3-5H2,1-2H3,(H,13,14,16). The smallest absolute Gasteiger partial charge is 0.337 e. The second-order valence-electron chi connectivity index (χ2n) is 3.84. The third-order valence-electron chi connectivity index (χ3n) is 2.58. The summed E-state index contributed by atoms with van der Waals surface area (Å²) in [5, 5.41) is 0.305. The van der Waals surface area contributed by atoms with E-state index in [2.05, 4.69) is 9.97 Å². The molecule has 0 amide bonds. The summed E-state index contributed by atoms with van der Waals surface area (Å²) < 4.78 is 10.3. The maximum atomic E-state index is 12.0. The summed E-state index contributed by atoms with van der Waals surface area (Å²) in [6, 6.07) is 1.39. The molecule has 0 spiro atoms. The molecule has 102 valence electrons. The van der Waals surface area contributed by atoms with Gasteiger partial charge >= 0.3 is 5.63 Å². The molecule has 0 saturated carbocycles. The van der Waals surface area contributed by atoms with Crippen molar-refractivity contribution in [3.63, 3.8) is 0 Å². The SMILES string of the molecule is CCc1cc(=O)oc2nc(OCCSC)[nH]c(=O)c12. The number of thioether (sulfide) groups is 1. The number of nitrogens with zero attached hydrogens (tertiary/aromatic N) is 1. The largest absolute Gasteiger partial charge is 0.464 e. The van der Waals surface area contributed by atoms with E-state index < -0.39 is 5.63 Å². The minimum absolute atomic E-state index is 0.0206. The van der Waals surface area contributed by atoms with Crippen LogP contribution in [-0.2, 0) is 6.42 Å². The van der Waals surface area contributed by atoms with Gasteiger partial charge in [-0.05, 0) is 18.2 Å². The van der Waals surface area contributed by atoms with E-state index in [0.717, 1.165) is 5.75 Å². The van der Waals surface area contributed by atoms with E-state index in [9.17, 15) is 9.59 Å². The highest BCUT2D eigenvalue weighted by Crippen LogP contribution is 2.13. The van der Waals surface area contributed by atoms with Crippen molar-refractivity contribution in [1.82, 2.24) is 9.97 Å². The first-order valence-corrected chi connectivity index (χ1v) is 7.24. The molecule has 2 rings (SSSR count). The minimum Gasteiger partial charge on any atom is -0.464 e. The van der Waals surface area contributed by atoms with E-state index in [4.69, 9.17) is 9.15 Å².